The first-order chi connectivity index (χ1) is 9.43. The lowest BCUT2D eigenvalue weighted by molar-refractivity contribution is -0.130. The molecule has 3 atom stereocenters. The largest absolute Gasteiger partial charge is 0.480 e. The number of ketones is 1. The summed E-state index contributed by atoms with van der Waals surface area (Å²) in [6.07, 6.45) is -0.434. The number of fused-ring (bicyclic) bond motifs is 1. The van der Waals surface area contributed by atoms with Crippen molar-refractivity contribution in [3.8, 4) is 0 Å². The molecule has 2 aliphatic heterocycles. The highest BCUT2D eigenvalue weighted by Gasteiger charge is 2.53. The number of nitrogens with one attached hydrogen (secondary N) is 2. The van der Waals surface area contributed by atoms with E-state index in [0.29, 0.717) is 0 Å². The fourth-order valence-corrected chi connectivity index (χ4v) is 2.75. The molecular weight excluding hydrogens is 269 g/mol. The Labute approximate surface area is 113 Å². The number of alkyl halides is 1. The van der Waals surface area contributed by atoms with Crippen molar-refractivity contribution >= 4 is 17.7 Å². The Bertz CT molecular complexity index is 585. The molecule has 7 nitrogen and oxygen atoms in total. The van der Waals surface area contributed by atoms with Gasteiger partial charge in [-0.15, -0.1) is 0 Å². The average Bonchev–Trinajstić information content (AvgIpc) is 2.75. The number of nitrogens with two attached hydrogens (primary N) is 1. The monoisotopic (exact) mass is 281 g/mol. The number of halogens is 1. The number of carbonyl (C=O) groups is 3. The molecule has 0 aromatic carbocycles. The number of hydrogen-bond donors (Lipinski definition) is 3. The highest BCUT2D eigenvalue weighted by atomic mass is 19.1. The van der Waals surface area contributed by atoms with Gasteiger partial charge in [-0.25, -0.2) is 9.18 Å². The molecule has 0 aromatic heterocycles. The number of rotatable bonds is 1. The minimum absolute atomic E-state index is 0.00773. The van der Waals surface area contributed by atoms with E-state index in [4.69, 9.17) is 10.5 Å². The minimum atomic E-state index is -1.78. The van der Waals surface area contributed by atoms with Crippen LogP contribution in [0.3, 0.4) is 0 Å². The van der Waals surface area contributed by atoms with E-state index in [0.717, 1.165) is 6.08 Å². The molecule has 2 heterocycles. The predicted octanol–water partition coefficient (Wildman–Crippen LogP) is -0.957. The standard InChI is InChI=1S/C12H12FN3O4/c13-5-1-2-6-8(9(5)17)12(4-15-11(19)16-12)3-7(20-6)10(14)18/h1-2,5,7H,3-4H2,(H2,14,18)(H2,15,16,19)/t5?,7-,12+/m0/s1. The minimum Gasteiger partial charge on any atom is -0.480 e. The third-order valence-corrected chi connectivity index (χ3v) is 3.66. The van der Waals surface area contributed by atoms with Crippen LogP contribution in [0.15, 0.2) is 23.5 Å². The third-order valence-electron chi connectivity index (χ3n) is 3.66. The molecule has 1 saturated heterocycles. The van der Waals surface area contributed by atoms with Gasteiger partial charge in [-0.1, -0.05) is 0 Å². The van der Waals surface area contributed by atoms with Gasteiger partial charge in [0.25, 0.3) is 5.91 Å². The zero-order chi connectivity index (χ0) is 14.5. The van der Waals surface area contributed by atoms with Crippen LogP contribution in [-0.2, 0) is 14.3 Å². The van der Waals surface area contributed by atoms with Crippen LogP contribution in [0.4, 0.5) is 9.18 Å². The van der Waals surface area contributed by atoms with Gasteiger partial charge in [-0.3, -0.25) is 9.59 Å². The summed E-state index contributed by atoms with van der Waals surface area (Å²) in [4.78, 5) is 34.8. The van der Waals surface area contributed by atoms with E-state index in [9.17, 15) is 18.8 Å². The van der Waals surface area contributed by atoms with Crippen LogP contribution in [0.5, 0.6) is 0 Å². The molecule has 1 fully saturated rings. The zero-order valence-electron chi connectivity index (χ0n) is 10.3. The molecule has 106 valence electrons. The molecule has 1 unspecified atom stereocenters. The molecule has 0 bridgehead atoms. The van der Waals surface area contributed by atoms with Gasteiger partial charge in [-0.05, 0) is 12.2 Å². The molecule has 3 rings (SSSR count). The molecule has 3 aliphatic rings. The summed E-state index contributed by atoms with van der Waals surface area (Å²) in [5.74, 6) is -1.39. The number of ether oxygens (including phenoxy) is 1. The van der Waals surface area contributed by atoms with Gasteiger partial charge >= 0.3 is 6.03 Å². The highest BCUT2D eigenvalue weighted by molar-refractivity contribution is 6.05. The Morgan fingerprint density at radius 2 is 2.25 bits per heavy atom. The Morgan fingerprint density at radius 1 is 1.50 bits per heavy atom. The topological polar surface area (TPSA) is 111 Å². The van der Waals surface area contributed by atoms with E-state index in [1.165, 1.54) is 6.08 Å². The number of Topliss-reactive ketones (excluding diaryl/α,β-unsaturated/α-hetero) is 1. The lowest BCUT2D eigenvalue weighted by Gasteiger charge is -2.39. The molecule has 1 spiro atoms. The van der Waals surface area contributed by atoms with Gasteiger partial charge in [0.1, 0.15) is 5.76 Å². The first-order valence-electron chi connectivity index (χ1n) is 6.06. The van der Waals surface area contributed by atoms with Crippen molar-refractivity contribution in [2.45, 2.75) is 24.2 Å². The number of primary amides is 1. The summed E-state index contributed by atoms with van der Waals surface area (Å²) >= 11 is 0. The fraction of sp³-hybridized carbons (Fsp3) is 0.417. The van der Waals surface area contributed by atoms with Crippen molar-refractivity contribution in [1.29, 1.82) is 0 Å². The Kier molecular flexibility index (Phi) is 2.56. The summed E-state index contributed by atoms with van der Waals surface area (Å²) in [6.45, 7) is 0.0735. The van der Waals surface area contributed by atoms with E-state index in [2.05, 4.69) is 10.6 Å². The van der Waals surface area contributed by atoms with Crippen LogP contribution in [-0.4, -0.2) is 42.1 Å². The van der Waals surface area contributed by atoms with Crippen LogP contribution in [0.2, 0.25) is 0 Å². The molecule has 0 radical (unpaired) electrons. The van der Waals surface area contributed by atoms with Crippen molar-refractivity contribution in [3.05, 3.63) is 23.5 Å². The number of carbonyl (C=O) groups excluding carboxylic acids is 3. The van der Waals surface area contributed by atoms with Crippen LogP contribution in [0, 0.1) is 0 Å². The molecule has 8 heteroatoms. The lowest BCUT2D eigenvalue weighted by Crippen LogP contribution is -2.56. The number of hydrogen-bond acceptors (Lipinski definition) is 4. The van der Waals surface area contributed by atoms with Crippen LogP contribution >= 0.6 is 0 Å². The summed E-state index contributed by atoms with van der Waals surface area (Å²) in [6, 6.07) is -0.486. The van der Waals surface area contributed by atoms with Gasteiger partial charge in [-0.2, -0.15) is 0 Å². The van der Waals surface area contributed by atoms with Gasteiger partial charge < -0.3 is 21.1 Å². The summed E-state index contributed by atoms with van der Waals surface area (Å²) in [7, 11) is 0. The SMILES string of the molecule is NC(=O)[C@@H]1C[C@@]2(CNC(=O)N2)C2=C(C=CC(F)C2=O)O1. The predicted molar refractivity (Wildman–Crippen MR) is 64.0 cm³/mol. The molecule has 4 N–H and O–H groups in total. The summed E-state index contributed by atoms with van der Waals surface area (Å²) in [5, 5.41) is 5.10. The molecule has 0 aromatic rings. The highest BCUT2D eigenvalue weighted by Crippen LogP contribution is 2.38. The molecule has 3 amide bonds. The van der Waals surface area contributed by atoms with E-state index >= 15 is 0 Å². The first kappa shape index (κ1) is 12.6. The van der Waals surface area contributed by atoms with Crippen molar-refractivity contribution in [1.82, 2.24) is 10.6 Å². The first-order valence-corrected chi connectivity index (χ1v) is 6.06. The van der Waals surface area contributed by atoms with Crippen LogP contribution < -0.4 is 16.4 Å². The maximum Gasteiger partial charge on any atom is 0.315 e. The van der Waals surface area contributed by atoms with Gasteiger partial charge in [0.15, 0.2) is 12.3 Å². The van der Waals surface area contributed by atoms with Crippen LogP contribution in [0.25, 0.3) is 0 Å². The van der Waals surface area contributed by atoms with Gasteiger partial charge in [0.2, 0.25) is 5.78 Å². The van der Waals surface area contributed by atoms with Crippen molar-refractivity contribution in [2.75, 3.05) is 6.54 Å². The van der Waals surface area contributed by atoms with E-state index in [1.54, 1.807) is 0 Å². The third kappa shape index (κ3) is 1.68. The van der Waals surface area contributed by atoms with Crippen molar-refractivity contribution < 1.29 is 23.5 Å². The van der Waals surface area contributed by atoms with Gasteiger partial charge in [0.05, 0.1) is 11.1 Å². The Balaban J connectivity index is 2.10. The maximum absolute atomic E-state index is 13.6. The second-order valence-corrected chi connectivity index (χ2v) is 4.97. The Hall–Kier alpha value is -2.38. The van der Waals surface area contributed by atoms with E-state index in [-0.39, 0.29) is 24.3 Å². The quantitative estimate of drug-likeness (QED) is 0.575. The van der Waals surface area contributed by atoms with Crippen LogP contribution in [0.1, 0.15) is 6.42 Å². The fourth-order valence-electron chi connectivity index (χ4n) is 2.75. The molecular formula is C12H12FN3O4. The molecule has 0 saturated carbocycles. The van der Waals surface area contributed by atoms with Crippen molar-refractivity contribution in [2.24, 2.45) is 5.73 Å². The second-order valence-electron chi connectivity index (χ2n) is 4.97. The zero-order valence-corrected chi connectivity index (χ0v) is 10.3. The smallest absolute Gasteiger partial charge is 0.315 e. The molecule has 1 aliphatic carbocycles. The second kappa shape index (κ2) is 4.06. The summed E-state index contributed by atoms with van der Waals surface area (Å²) in [5.41, 5.74) is 4.12. The van der Waals surface area contributed by atoms with E-state index in [1.807, 2.05) is 0 Å². The normalized spacial score (nSPS) is 35.5. The number of urea groups is 1. The van der Waals surface area contributed by atoms with E-state index < -0.39 is 35.5 Å². The number of allylic oxidation sites excluding steroid dienone is 2. The Morgan fingerprint density at radius 3 is 2.85 bits per heavy atom. The average molecular weight is 281 g/mol. The van der Waals surface area contributed by atoms with Gasteiger partial charge in [0, 0.05) is 13.0 Å². The lowest BCUT2D eigenvalue weighted by atomic mass is 9.77. The number of amides is 3. The molecule has 20 heavy (non-hydrogen) atoms. The summed E-state index contributed by atoms with van der Waals surface area (Å²) < 4.78 is 18.9. The maximum atomic E-state index is 13.6. The van der Waals surface area contributed by atoms with Crippen molar-refractivity contribution in [3.63, 3.8) is 0 Å².